The van der Waals surface area contributed by atoms with Crippen molar-refractivity contribution in [3.8, 4) is 0 Å². The van der Waals surface area contributed by atoms with Crippen molar-refractivity contribution in [3.05, 3.63) is 10.9 Å². The molecule has 1 rings (SSSR count). The lowest BCUT2D eigenvalue weighted by Gasteiger charge is -2.29. The molecule has 0 aromatic carbocycles. The molecule has 0 spiro atoms. The van der Waals surface area contributed by atoms with Crippen molar-refractivity contribution in [3.63, 3.8) is 0 Å². The molecule has 0 unspecified atom stereocenters. The van der Waals surface area contributed by atoms with E-state index in [-0.39, 0.29) is 0 Å². The van der Waals surface area contributed by atoms with Crippen molar-refractivity contribution in [2.24, 2.45) is 0 Å². The van der Waals surface area contributed by atoms with Gasteiger partial charge < -0.3 is 9.05 Å². The zero-order valence-corrected chi connectivity index (χ0v) is 14.3. The molecule has 3 nitrogen and oxygen atoms in total. The minimum Gasteiger partial charge on any atom is -0.306 e. The topological polar surface area (TPSA) is 35.5 Å². The van der Waals surface area contributed by atoms with Crippen LogP contribution in [0.15, 0.2) is 10.9 Å². The van der Waals surface area contributed by atoms with E-state index in [4.69, 9.17) is 9.05 Å². The molecule has 20 heavy (non-hydrogen) atoms. The minimum atomic E-state index is -2.97. The Morgan fingerprint density at radius 2 is 1.50 bits per heavy atom. The quantitative estimate of drug-likeness (QED) is 0.325. The van der Waals surface area contributed by atoms with E-state index in [1.165, 1.54) is 44.1 Å². The molecule has 0 amide bonds. The first-order valence-electron chi connectivity index (χ1n) is 8.28. The summed E-state index contributed by atoms with van der Waals surface area (Å²) in [6, 6.07) is 0. The Balaban J connectivity index is 2.42. The number of rotatable bonds is 12. The van der Waals surface area contributed by atoms with Gasteiger partial charge in [0.2, 0.25) is 0 Å². The van der Waals surface area contributed by atoms with E-state index in [1.54, 1.807) is 0 Å². The van der Waals surface area contributed by atoms with Crippen molar-refractivity contribution in [1.29, 1.82) is 0 Å². The molecule has 0 N–H and O–H groups in total. The fourth-order valence-corrected chi connectivity index (χ4v) is 4.73. The van der Waals surface area contributed by atoms with E-state index in [2.05, 4.69) is 6.92 Å². The van der Waals surface area contributed by atoms with Crippen LogP contribution in [0.1, 0.15) is 78.6 Å². The van der Waals surface area contributed by atoms with Crippen LogP contribution < -0.4 is 0 Å². The SMILES string of the molecule is CCCCCCCCC1=C(P(=O)(OCC)OCC)CC1. The molecule has 1 aliphatic rings. The largest absolute Gasteiger partial charge is 0.357 e. The smallest absolute Gasteiger partial charge is 0.306 e. The van der Waals surface area contributed by atoms with Crippen molar-refractivity contribution in [2.75, 3.05) is 13.2 Å². The summed E-state index contributed by atoms with van der Waals surface area (Å²) in [5.74, 6) is 0. The zero-order chi connectivity index (χ0) is 14.8. The lowest BCUT2D eigenvalue weighted by molar-refractivity contribution is 0.223. The minimum absolute atomic E-state index is 0.449. The molecular formula is C16H31O3P. The third-order valence-corrected chi connectivity index (χ3v) is 6.23. The summed E-state index contributed by atoms with van der Waals surface area (Å²) < 4.78 is 23.6. The summed E-state index contributed by atoms with van der Waals surface area (Å²) >= 11 is 0. The van der Waals surface area contributed by atoms with E-state index in [1.807, 2.05) is 13.8 Å². The predicted molar refractivity (Wildman–Crippen MR) is 85.1 cm³/mol. The fourth-order valence-electron chi connectivity index (χ4n) is 2.67. The van der Waals surface area contributed by atoms with Crippen LogP contribution in [0.3, 0.4) is 0 Å². The molecule has 0 saturated carbocycles. The molecule has 118 valence electrons. The van der Waals surface area contributed by atoms with Gasteiger partial charge in [0.05, 0.1) is 13.2 Å². The van der Waals surface area contributed by atoms with Crippen LogP contribution in [-0.2, 0) is 13.6 Å². The molecular weight excluding hydrogens is 271 g/mol. The van der Waals surface area contributed by atoms with Crippen LogP contribution in [0.25, 0.3) is 0 Å². The summed E-state index contributed by atoms with van der Waals surface area (Å²) in [6.45, 7) is 6.89. The lowest BCUT2D eigenvalue weighted by Crippen LogP contribution is -2.09. The summed E-state index contributed by atoms with van der Waals surface area (Å²) in [6.07, 6.45) is 10.8. The van der Waals surface area contributed by atoms with Gasteiger partial charge in [-0.2, -0.15) is 0 Å². The Morgan fingerprint density at radius 3 is 2.00 bits per heavy atom. The van der Waals surface area contributed by atoms with Crippen molar-refractivity contribution >= 4 is 7.60 Å². The average molecular weight is 302 g/mol. The van der Waals surface area contributed by atoms with Crippen LogP contribution >= 0.6 is 7.60 Å². The summed E-state index contributed by atoms with van der Waals surface area (Å²) in [5, 5.41) is 0.981. The highest BCUT2D eigenvalue weighted by Gasteiger charge is 2.36. The van der Waals surface area contributed by atoms with Gasteiger partial charge in [0.25, 0.3) is 0 Å². The molecule has 0 aliphatic heterocycles. The monoisotopic (exact) mass is 302 g/mol. The standard InChI is InChI=1S/C16H31O3P/c1-4-7-8-9-10-11-12-15-13-14-16(15)20(17,18-5-2)19-6-3/h4-14H2,1-3H3. The number of unbranched alkanes of at least 4 members (excludes halogenated alkanes) is 5. The first-order chi connectivity index (χ1) is 9.68. The maximum absolute atomic E-state index is 12.7. The van der Waals surface area contributed by atoms with E-state index in [0.717, 1.165) is 24.6 Å². The molecule has 0 aromatic rings. The highest BCUT2D eigenvalue weighted by Crippen LogP contribution is 2.63. The molecule has 0 fully saturated rings. The van der Waals surface area contributed by atoms with E-state index < -0.39 is 7.60 Å². The Bertz CT molecular complexity index is 340. The van der Waals surface area contributed by atoms with Crippen molar-refractivity contribution in [2.45, 2.75) is 78.6 Å². The van der Waals surface area contributed by atoms with Gasteiger partial charge in [-0.05, 0) is 39.5 Å². The van der Waals surface area contributed by atoms with Gasteiger partial charge in [-0.3, -0.25) is 4.57 Å². The number of hydrogen-bond acceptors (Lipinski definition) is 3. The van der Waals surface area contributed by atoms with Crippen LogP contribution in [0.2, 0.25) is 0 Å². The maximum Gasteiger partial charge on any atom is 0.357 e. The molecule has 0 heterocycles. The van der Waals surface area contributed by atoms with Gasteiger partial charge >= 0.3 is 7.60 Å². The summed E-state index contributed by atoms with van der Waals surface area (Å²) in [5.41, 5.74) is 1.34. The van der Waals surface area contributed by atoms with Crippen molar-refractivity contribution < 1.29 is 13.6 Å². The first-order valence-corrected chi connectivity index (χ1v) is 9.82. The second-order valence-electron chi connectivity index (χ2n) is 5.40. The number of hydrogen-bond donors (Lipinski definition) is 0. The molecule has 0 bridgehead atoms. The lowest BCUT2D eigenvalue weighted by atomic mass is 9.93. The fraction of sp³-hybridized carbons (Fsp3) is 0.875. The van der Waals surface area contributed by atoms with Gasteiger partial charge in [-0.1, -0.05) is 44.6 Å². The Morgan fingerprint density at radius 1 is 0.900 bits per heavy atom. The second-order valence-corrected chi connectivity index (χ2v) is 7.45. The van der Waals surface area contributed by atoms with Crippen LogP contribution in [0.4, 0.5) is 0 Å². The zero-order valence-electron chi connectivity index (χ0n) is 13.5. The van der Waals surface area contributed by atoms with E-state index >= 15 is 0 Å². The van der Waals surface area contributed by atoms with Crippen LogP contribution in [0, 0.1) is 0 Å². The van der Waals surface area contributed by atoms with Gasteiger partial charge in [-0.15, -0.1) is 0 Å². The molecule has 0 radical (unpaired) electrons. The second kappa shape index (κ2) is 9.76. The molecule has 0 saturated heterocycles. The molecule has 1 aliphatic carbocycles. The van der Waals surface area contributed by atoms with Crippen molar-refractivity contribution in [1.82, 2.24) is 0 Å². The highest BCUT2D eigenvalue weighted by molar-refractivity contribution is 7.58. The van der Waals surface area contributed by atoms with Crippen LogP contribution in [0.5, 0.6) is 0 Å². The third-order valence-electron chi connectivity index (χ3n) is 3.83. The first kappa shape index (κ1) is 17.9. The van der Waals surface area contributed by atoms with Gasteiger partial charge in [0.15, 0.2) is 0 Å². The normalized spacial score (nSPS) is 15.6. The molecule has 0 atom stereocenters. The summed E-state index contributed by atoms with van der Waals surface area (Å²) in [4.78, 5) is 0. The Labute approximate surface area is 124 Å². The van der Waals surface area contributed by atoms with E-state index in [9.17, 15) is 4.57 Å². The summed E-state index contributed by atoms with van der Waals surface area (Å²) in [7, 11) is -2.97. The van der Waals surface area contributed by atoms with Gasteiger partial charge in [0, 0.05) is 5.31 Å². The van der Waals surface area contributed by atoms with Gasteiger partial charge in [0.1, 0.15) is 0 Å². The van der Waals surface area contributed by atoms with Gasteiger partial charge in [-0.25, -0.2) is 0 Å². The van der Waals surface area contributed by atoms with E-state index in [0.29, 0.717) is 13.2 Å². The highest BCUT2D eigenvalue weighted by atomic mass is 31.2. The molecule has 4 heteroatoms. The molecule has 0 aromatic heterocycles. The third kappa shape index (κ3) is 5.35. The Hall–Kier alpha value is -0.110. The van der Waals surface area contributed by atoms with Crippen LogP contribution in [-0.4, -0.2) is 13.2 Å². The predicted octanol–water partition coefficient (Wildman–Crippen LogP) is 6.05. The average Bonchev–Trinajstić information content (AvgIpc) is 2.36. The number of allylic oxidation sites excluding steroid dienone is 2. The maximum atomic E-state index is 12.7. The Kier molecular flexibility index (Phi) is 8.75.